The van der Waals surface area contributed by atoms with Crippen LogP contribution in [-0.2, 0) is 24.4 Å². The molecule has 0 fully saturated rings. The second kappa shape index (κ2) is 11.0. The molecule has 0 atom stereocenters. The van der Waals surface area contributed by atoms with Gasteiger partial charge in [-0.3, -0.25) is 14.2 Å². The fourth-order valence-electron chi connectivity index (χ4n) is 4.42. The molecule has 4 aromatic rings. The van der Waals surface area contributed by atoms with Gasteiger partial charge in [0.05, 0.1) is 5.69 Å². The molecule has 3 heterocycles. The van der Waals surface area contributed by atoms with E-state index in [1.54, 1.807) is 15.5 Å². The van der Waals surface area contributed by atoms with E-state index >= 15 is 0 Å². The molecule has 0 unspecified atom stereocenters. The van der Waals surface area contributed by atoms with Gasteiger partial charge in [0.25, 0.3) is 5.56 Å². The molecule has 0 radical (unpaired) electrons. The summed E-state index contributed by atoms with van der Waals surface area (Å²) in [6, 6.07) is 19.2. The Morgan fingerprint density at radius 3 is 2.55 bits per heavy atom. The number of hydrogen-bond acceptors (Lipinski definition) is 5. The summed E-state index contributed by atoms with van der Waals surface area (Å²) in [7, 11) is 1.81. The van der Waals surface area contributed by atoms with Crippen LogP contribution in [-0.4, -0.2) is 17.5 Å². The number of anilines is 1. The van der Waals surface area contributed by atoms with E-state index in [1.165, 1.54) is 36.1 Å². The molecule has 194 valence electrons. The Labute approximate surface area is 228 Å². The van der Waals surface area contributed by atoms with Gasteiger partial charge in [0.15, 0.2) is 12.7 Å². The van der Waals surface area contributed by atoms with Crippen LogP contribution in [0.3, 0.4) is 0 Å². The average Bonchev–Trinajstić information content (AvgIpc) is 3.40. The molecule has 2 aromatic heterocycles. The number of carbonyl (C=O) groups excluding carboxylic acids is 1. The first-order chi connectivity index (χ1) is 18.4. The topological polar surface area (TPSA) is 58.2 Å². The fourth-order valence-corrected chi connectivity index (χ4v) is 6.90. The molecule has 5 rings (SSSR count). The van der Waals surface area contributed by atoms with Gasteiger partial charge in [0, 0.05) is 55.7 Å². The van der Waals surface area contributed by atoms with Crippen LogP contribution >= 0.6 is 23.1 Å². The number of aromatic nitrogens is 2. The number of halogens is 1. The van der Waals surface area contributed by atoms with Crippen LogP contribution in [0.25, 0.3) is 11.1 Å². The summed E-state index contributed by atoms with van der Waals surface area (Å²) in [5, 5.41) is 3.57. The van der Waals surface area contributed by atoms with E-state index in [1.807, 2.05) is 62.6 Å². The van der Waals surface area contributed by atoms with Crippen LogP contribution in [0.2, 0.25) is 0 Å². The molecule has 9 heteroatoms. The smallest absolute Gasteiger partial charge is 0.271 e. The minimum Gasteiger partial charge on any atom is -0.352 e. The van der Waals surface area contributed by atoms with Crippen molar-refractivity contribution in [2.24, 2.45) is 0 Å². The second-order valence-corrected chi connectivity index (χ2v) is 11.1. The predicted molar refractivity (Wildman–Crippen MR) is 151 cm³/mol. The Hall–Kier alpha value is -3.69. The van der Waals surface area contributed by atoms with Crippen molar-refractivity contribution in [1.29, 1.82) is 0 Å². The van der Waals surface area contributed by atoms with Crippen molar-refractivity contribution in [2.45, 2.75) is 38.4 Å². The third kappa shape index (κ3) is 5.16. The third-order valence-electron chi connectivity index (χ3n) is 6.38. The Morgan fingerprint density at radius 2 is 1.84 bits per heavy atom. The molecule has 38 heavy (non-hydrogen) atoms. The number of carbonyl (C=O) groups is 1. The third-order valence-corrected chi connectivity index (χ3v) is 8.85. The molecule has 1 amide bonds. The number of nitrogens with one attached hydrogen (secondary N) is 1. The number of hydrogen-bond donors (Lipinski definition) is 1. The lowest BCUT2D eigenvalue weighted by molar-refractivity contribution is -0.690. The first-order valence-corrected chi connectivity index (χ1v) is 14.0. The fraction of sp³-hybridized carbons (Fsp3) is 0.207. The maximum atomic E-state index is 14.5. The summed E-state index contributed by atoms with van der Waals surface area (Å²) in [4.78, 5) is 27.2. The number of rotatable bonds is 6. The Morgan fingerprint density at radius 1 is 1.08 bits per heavy atom. The molecule has 0 bridgehead atoms. The zero-order chi connectivity index (χ0) is 26.8. The molecule has 0 spiro atoms. The number of para-hydroxylation sites is 1. The standard InChI is InChI=1S/C29H27FN4O2S2/c1-4-34-25(38-27(28(34)36)29-32(3)26-23(30)9-7-10-24(26)37-29)16-22-8-5-6-15-33(22)18-21-13-11-20(12-14-21)17-31-19(2)35/h5-16H,4,17-18H2,1-3H3/p+1/b29-27+. The molecule has 0 aliphatic carbocycles. The largest absolute Gasteiger partial charge is 0.352 e. The minimum absolute atomic E-state index is 0.0512. The molecular weight excluding hydrogens is 519 g/mol. The lowest BCUT2D eigenvalue weighted by Crippen LogP contribution is -2.38. The molecular formula is C29H28FN4O2S2+. The summed E-state index contributed by atoms with van der Waals surface area (Å²) in [6.07, 6.45) is 4.06. The van der Waals surface area contributed by atoms with Gasteiger partial charge in [-0.05, 0) is 30.7 Å². The summed E-state index contributed by atoms with van der Waals surface area (Å²) < 4.78 is 19.9. The van der Waals surface area contributed by atoms with Gasteiger partial charge in [0.2, 0.25) is 11.6 Å². The van der Waals surface area contributed by atoms with Gasteiger partial charge in [0.1, 0.15) is 20.0 Å². The lowest BCUT2D eigenvalue weighted by Gasteiger charge is -2.12. The first-order valence-electron chi connectivity index (χ1n) is 12.3. The van der Waals surface area contributed by atoms with E-state index < -0.39 is 0 Å². The van der Waals surface area contributed by atoms with E-state index in [9.17, 15) is 14.0 Å². The zero-order valence-corrected chi connectivity index (χ0v) is 23.0. The monoisotopic (exact) mass is 547 g/mol. The van der Waals surface area contributed by atoms with Crippen LogP contribution in [0.5, 0.6) is 0 Å². The highest BCUT2D eigenvalue weighted by atomic mass is 32.2. The van der Waals surface area contributed by atoms with Crippen LogP contribution in [0.15, 0.2) is 76.6 Å². The number of nitrogens with zero attached hydrogens (tertiary/aromatic N) is 3. The van der Waals surface area contributed by atoms with Crippen molar-refractivity contribution in [1.82, 2.24) is 9.88 Å². The van der Waals surface area contributed by atoms with Crippen molar-refractivity contribution in [3.63, 3.8) is 0 Å². The summed E-state index contributed by atoms with van der Waals surface area (Å²) in [5.74, 6) is -0.343. The van der Waals surface area contributed by atoms with Crippen molar-refractivity contribution in [3.8, 4) is 0 Å². The summed E-state index contributed by atoms with van der Waals surface area (Å²) >= 11 is 2.87. The summed E-state index contributed by atoms with van der Waals surface area (Å²) in [5.41, 5.74) is 3.58. The number of thiazole rings is 1. The molecule has 6 nitrogen and oxygen atoms in total. The van der Waals surface area contributed by atoms with Crippen LogP contribution < -0.4 is 29.5 Å². The highest BCUT2D eigenvalue weighted by Crippen LogP contribution is 2.46. The SMILES string of the molecule is CCn1c(=O)/c(=C2\Sc3cccc(F)c3N2C)s/c1=C\c1cccc[n+]1Cc1ccc(CNC(C)=O)cc1. The molecule has 1 aliphatic rings. The van der Waals surface area contributed by atoms with Gasteiger partial charge >= 0.3 is 0 Å². The van der Waals surface area contributed by atoms with Crippen molar-refractivity contribution in [2.75, 3.05) is 11.9 Å². The minimum atomic E-state index is -0.292. The van der Waals surface area contributed by atoms with Crippen molar-refractivity contribution < 1.29 is 13.8 Å². The Kier molecular flexibility index (Phi) is 7.49. The maximum absolute atomic E-state index is 14.5. The number of thioether (sulfide) groups is 1. The highest BCUT2D eigenvalue weighted by molar-refractivity contribution is 8.08. The predicted octanol–water partition coefficient (Wildman–Crippen LogP) is 3.18. The molecule has 2 aromatic carbocycles. The van der Waals surface area contributed by atoms with E-state index in [2.05, 4.69) is 22.0 Å². The van der Waals surface area contributed by atoms with Crippen molar-refractivity contribution in [3.05, 3.63) is 109 Å². The average molecular weight is 548 g/mol. The van der Waals surface area contributed by atoms with Crippen LogP contribution in [0, 0.1) is 5.82 Å². The Bertz CT molecular complexity index is 1690. The molecule has 0 saturated heterocycles. The van der Waals surface area contributed by atoms with Gasteiger partial charge in [-0.25, -0.2) is 4.39 Å². The Balaban J connectivity index is 1.51. The number of amides is 1. The van der Waals surface area contributed by atoms with E-state index in [0.717, 1.165) is 31.4 Å². The summed E-state index contributed by atoms with van der Waals surface area (Å²) in [6.45, 7) is 5.17. The van der Waals surface area contributed by atoms with E-state index in [4.69, 9.17) is 0 Å². The van der Waals surface area contributed by atoms with Crippen LogP contribution in [0.4, 0.5) is 10.1 Å². The van der Waals surface area contributed by atoms with Crippen molar-refractivity contribution >= 4 is 45.8 Å². The number of pyridine rings is 1. The highest BCUT2D eigenvalue weighted by Gasteiger charge is 2.27. The number of benzene rings is 2. The van der Waals surface area contributed by atoms with Gasteiger partial charge in [-0.1, -0.05) is 42.1 Å². The zero-order valence-electron chi connectivity index (χ0n) is 21.4. The molecule has 0 saturated carbocycles. The van der Waals surface area contributed by atoms with Gasteiger partial charge in [-0.2, -0.15) is 4.57 Å². The molecule has 1 aliphatic heterocycles. The number of fused-ring (bicyclic) bond motifs is 1. The normalized spacial score (nSPS) is 14.6. The first kappa shape index (κ1) is 25.9. The van der Waals surface area contributed by atoms with E-state index in [0.29, 0.717) is 29.9 Å². The van der Waals surface area contributed by atoms with Gasteiger partial charge in [-0.15, -0.1) is 11.3 Å². The quantitative estimate of drug-likeness (QED) is 0.377. The second-order valence-electron chi connectivity index (χ2n) is 9.00. The van der Waals surface area contributed by atoms with E-state index in [-0.39, 0.29) is 17.3 Å². The van der Waals surface area contributed by atoms with Gasteiger partial charge < -0.3 is 10.2 Å². The molecule has 1 N–H and O–H groups in total. The lowest BCUT2D eigenvalue weighted by atomic mass is 10.1. The van der Waals surface area contributed by atoms with Crippen LogP contribution in [0.1, 0.15) is 30.7 Å². The maximum Gasteiger partial charge on any atom is 0.271 e.